The lowest BCUT2D eigenvalue weighted by molar-refractivity contribution is -0.121. The van der Waals surface area contributed by atoms with Gasteiger partial charge in [0.2, 0.25) is 5.91 Å². The van der Waals surface area contributed by atoms with Gasteiger partial charge in [0, 0.05) is 19.5 Å². The van der Waals surface area contributed by atoms with Crippen molar-refractivity contribution in [3.05, 3.63) is 76.6 Å². The maximum atomic E-state index is 13.1. The van der Waals surface area contributed by atoms with Crippen molar-refractivity contribution in [2.75, 3.05) is 0 Å². The highest BCUT2D eigenvalue weighted by molar-refractivity contribution is 5.77. The average molecular weight is 325 g/mol. The van der Waals surface area contributed by atoms with Crippen molar-refractivity contribution in [3.8, 4) is 0 Å². The van der Waals surface area contributed by atoms with Crippen LogP contribution in [-0.4, -0.2) is 15.5 Å². The average Bonchev–Trinajstić information content (AvgIpc) is 2.60. The highest BCUT2D eigenvalue weighted by atomic mass is 19.1. The minimum Gasteiger partial charge on any atom is -0.352 e. The summed E-state index contributed by atoms with van der Waals surface area (Å²) in [6, 6.07) is 13.1. The minimum absolute atomic E-state index is 0.148. The van der Waals surface area contributed by atoms with Crippen molar-refractivity contribution < 1.29 is 9.18 Å². The Hall–Kier alpha value is -3.02. The molecule has 122 valence electrons. The third kappa shape index (κ3) is 3.65. The predicted octanol–water partition coefficient (Wildman–Crippen LogP) is 2.24. The second-order valence-electron chi connectivity index (χ2n) is 5.42. The van der Waals surface area contributed by atoms with E-state index in [-0.39, 0.29) is 36.8 Å². The molecule has 1 heterocycles. The lowest BCUT2D eigenvalue weighted by atomic mass is 10.2. The molecular weight excluding hydrogens is 309 g/mol. The highest BCUT2D eigenvalue weighted by Gasteiger charge is 2.06. The van der Waals surface area contributed by atoms with E-state index in [1.54, 1.807) is 30.3 Å². The van der Waals surface area contributed by atoms with E-state index in [9.17, 15) is 14.0 Å². The maximum Gasteiger partial charge on any atom is 0.261 e. The van der Waals surface area contributed by atoms with Crippen molar-refractivity contribution >= 4 is 16.8 Å². The third-order valence-corrected chi connectivity index (χ3v) is 3.69. The number of aromatic nitrogens is 2. The van der Waals surface area contributed by atoms with Gasteiger partial charge in [0.25, 0.3) is 5.56 Å². The number of hydrogen-bond acceptors (Lipinski definition) is 3. The molecule has 0 aliphatic rings. The normalized spacial score (nSPS) is 10.7. The zero-order valence-electron chi connectivity index (χ0n) is 12.9. The number of nitrogens with zero attached hydrogens (tertiary/aromatic N) is 2. The van der Waals surface area contributed by atoms with Crippen LogP contribution in [0, 0.1) is 5.82 Å². The van der Waals surface area contributed by atoms with Crippen molar-refractivity contribution in [2.24, 2.45) is 0 Å². The zero-order valence-corrected chi connectivity index (χ0v) is 12.9. The van der Waals surface area contributed by atoms with Gasteiger partial charge >= 0.3 is 0 Å². The molecule has 6 heteroatoms. The van der Waals surface area contributed by atoms with Gasteiger partial charge < -0.3 is 5.32 Å². The molecule has 0 aliphatic heterocycles. The quantitative estimate of drug-likeness (QED) is 0.782. The first-order valence-corrected chi connectivity index (χ1v) is 7.59. The molecule has 0 unspecified atom stereocenters. The van der Waals surface area contributed by atoms with Gasteiger partial charge in [-0.3, -0.25) is 14.2 Å². The maximum absolute atomic E-state index is 13.1. The Labute approximate surface area is 137 Å². The second-order valence-corrected chi connectivity index (χ2v) is 5.42. The summed E-state index contributed by atoms with van der Waals surface area (Å²) in [5.41, 5.74) is 1.15. The first kappa shape index (κ1) is 15.9. The van der Waals surface area contributed by atoms with E-state index in [1.165, 1.54) is 23.0 Å². The van der Waals surface area contributed by atoms with E-state index >= 15 is 0 Å². The SMILES string of the molecule is O=C(CCn1cnc2ccccc2c1=O)NCc1cccc(F)c1. The van der Waals surface area contributed by atoms with Gasteiger partial charge in [0.1, 0.15) is 5.82 Å². The summed E-state index contributed by atoms with van der Waals surface area (Å²) in [4.78, 5) is 28.4. The van der Waals surface area contributed by atoms with Crippen LogP contribution in [0.25, 0.3) is 10.9 Å². The van der Waals surface area contributed by atoms with E-state index in [0.717, 1.165) is 0 Å². The Morgan fingerprint density at radius 2 is 2.00 bits per heavy atom. The second kappa shape index (κ2) is 7.04. The number of nitrogens with one attached hydrogen (secondary N) is 1. The first-order chi connectivity index (χ1) is 11.6. The van der Waals surface area contributed by atoms with Crippen molar-refractivity contribution in [1.82, 2.24) is 14.9 Å². The molecule has 24 heavy (non-hydrogen) atoms. The van der Waals surface area contributed by atoms with Crippen molar-refractivity contribution in [1.29, 1.82) is 0 Å². The molecule has 3 aromatic rings. The molecule has 0 bridgehead atoms. The van der Waals surface area contributed by atoms with Crippen LogP contribution < -0.4 is 10.9 Å². The summed E-state index contributed by atoms with van der Waals surface area (Å²) in [5, 5.41) is 3.24. The molecule has 0 spiro atoms. The van der Waals surface area contributed by atoms with Crippen molar-refractivity contribution in [3.63, 3.8) is 0 Å². The van der Waals surface area contributed by atoms with Gasteiger partial charge in [0.05, 0.1) is 17.2 Å². The van der Waals surface area contributed by atoms with Gasteiger partial charge in [-0.2, -0.15) is 0 Å². The number of halogens is 1. The summed E-state index contributed by atoms with van der Waals surface area (Å²) in [5.74, 6) is -0.546. The summed E-state index contributed by atoms with van der Waals surface area (Å²) in [7, 11) is 0. The number of para-hydroxylation sites is 1. The molecule has 0 saturated carbocycles. The lowest BCUT2D eigenvalue weighted by Crippen LogP contribution is -2.27. The molecule has 1 N–H and O–H groups in total. The summed E-state index contributed by atoms with van der Waals surface area (Å²) in [6.07, 6.45) is 1.60. The third-order valence-electron chi connectivity index (χ3n) is 3.69. The molecule has 0 fully saturated rings. The zero-order chi connectivity index (χ0) is 16.9. The fraction of sp³-hybridized carbons (Fsp3) is 0.167. The number of aryl methyl sites for hydroxylation is 1. The molecule has 0 radical (unpaired) electrons. The molecular formula is C18H16FN3O2. The van der Waals surface area contributed by atoms with Crippen LogP contribution >= 0.6 is 0 Å². The molecule has 3 rings (SSSR count). The number of carbonyl (C=O) groups excluding carboxylic acids is 1. The molecule has 1 aromatic heterocycles. The van der Waals surface area contributed by atoms with E-state index in [2.05, 4.69) is 10.3 Å². The Bertz CT molecular complexity index is 937. The summed E-state index contributed by atoms with van der Waals surface area (Å²) >= 11 is 0. The van der Waals surface area contributed by atoms with E-state index in [1.807, 2.05) is 6.07 Å². The van der Waals surface area contributed by atoms with Crippen molar-refractivity contribution in [2.45, 2.75) is 19.5 Å². The smallest absolute Gasteiger partial charge is 0.261 e. The van der Waals surface area contributed by atoms with E-state index in [0.29, 0.717) is 16.5 Å². The number of rotatable bonds is 5. The van der Waals surface area contributed by atoms with Gasteiger partial charge in [-0.25, -0.2) is 9.37 Å². The number of carbonyl (C=O) groups is 1. The Kier molecular flexibility index (Phi) is 4.65. The monoisotopic (exact) mass is 325 g/mol. The number of hydrogen-bond donors (Lipinski definition) is 1. The molecule has 0 aliphatic carbocycles. The first-order valence-electron chi connectivity index (χ1n) is 7.59. The molecule has 0 saturated heterocycles. The Morgan fingerprint density at radius 3 is 2.83 bits per heavy atom. The largest absolute Gasteiger partial charge is 0.352 e. The molecule has 2 aromatic carbocycles. The predicted molar refractivity (Wildman–Crippen MR) is 88.9 cm³/mol. The van der Waals surface area contributed by atoms with Crippen LogP contribution in [0.2, 0.25) is 0 Å². The minimum atomic E-state index is -0.337. The van der Waals surface area contributed by atoms with Crippen LogP contribution in [0.4, 0.5) is 4.39 Å². The highest BCUT2D eigenvalue weighted by Crippen LogP contribution is 2.05. The molecule has 5 nitrogen and oxygen atoms in total. The number of benzene rings is 2. The fourth-order valence-electron chi connectivity index (χ4n) is 2.42. The van der Waals surface area contributed by atoms with E-state index in [4.69, 9.17) is 0 Å². The van der Waals surface area contributed by atoms with Crippen LogP contribution in [0.5, 0.6) is 0 Å². The topological polar surface area (TPSA) is 64.0 Å². The fourth-order valence-corrected chi connectivity index (χ4v) is 2.42. The van der Waals surface area contributed by atoms with E-state index < -0.39 is 0 Å². The Balaban J connectivity index is 1.60. The van der Waals surface area contributed by atoms with Crippen LogP contribution in [0.1, 0.15) is 12.0 Å². The molecule has 0 atom stereocenters. The van der Waals surface area contributed by atoms with Gasteiger partial charge in [0.15, 0.2) is 0 Å². The Morgan fingerprint density at radius 1 is 1.17 bits per heavy atom. The standard InChI is InChI=1S/C18H16FN3O2/c19-14-5-3-4-13(10-14)11-20-17(23)8-9-22-12-21-16-7-2-1-6-15(16)18(22)24/h1-7,10,12H,8-9,11H2,(H,20,23). The summed E-state index contributed by atoms with van der Waals surface area (Å²) < 4.78 is 14.5. The van der Waals surface area contributed by atoms with Gasteiger partial charge in [-0.05, 0) is 29.8 Å². The number of amides is 1. The van der Waals surface area contributed by atoms with Crippen LogP contribution in [0.15, 0.2) is 59.7 Å². The van der Waals surface area contributed by atoms with Gasteiger partial charge in [-0.15, -0.1) is 0 Å². The van der Waals surface area contributed by atoms with Crippen LogP contribution in [0.3, 0.4) is 0 Å². The molecule has 1 amide bonds. The van der Waals surface area contributed by atoms with Crippen LogP contribution in [-0.2, 0) is 17.9 Å². The lowest BCUT2D eigenvalue weighted by Gasteiger charge is -2.08. The number of fused-ring (bicyclic) bond motifs is 1. The van der Waals surface area contributed by atoms with Gasteiger partial charge in [-0.1, -0.05) is 24.3 Å². The summed E-state index contributed by atoms with van der Waals surface area (Å²) in [6.45, 7) is 0.493.